The zero-order chi connectivity index (χ0) is 13.1. The molecule has 1 aromatic heterocycles. The number of benzene rings is 1. The summed E-state index contributed by atoms with van der Waals surface area (Å²) in [7, 11) is 0. The van der Waals surface area contributed by atoms with Crippen LogP contribution in [0.25, 0.3) is 5.69 Å². The maximum atomic E-state index is 5.94. The van der Waals surface area contributed by atoms with Gasteiger partial charge in [0.1, 0.15) is 5.82 Å². The molecule has 0 bridgehead atoms. The van der Waals surface area contributed by atoms with Crippen LogP contribution in [0.5, 0.6) is 0 Å². The first-order valence-corrected chi connectivity index (χ1v) is 6.88. The minimum atomic E-state index is 0.380. The van der Waals surface area contributed by atoms with Crippen molar-refractivity contribution in [1.82, 2.24) is 14.5 Å². The molecule has 0 amide bonds. The topological polar surface area (TPSA) is 47.1 Å². The Labute approximate surface area is 113 Å². The first-order valence-electron chi connectivity index (χ1n) is 6.88. The van der Waals surface area contributed by atoms with Crippen LogP contribution in [-0.2, 0) is 6.54 Å². The van der Waals surface area contributed by atoms with Crippen molar-refractivity contribution in [2.24, 2.45) is 5.73 Å². The second-order valence-corrected chi connectivity index (χ2v) is 5.16. The van der Waals surface area contributed by atoms with Gasteiger partial charge in [-0.1, -0.05) is 18.2 Å². The molecule has 0 atom stereocenters. The number of imidazole rings is 1. The molecule has 0 saturated carbocycles. The van der Waals surface area contributed by atoms with E-state index in [0.717, 1.165) is 38.3 Å². The molecule has 3 rings (SSSR count). The average molecular weight is 256 g/mol. The summed E-state index contributed by atoms with van der Waals surface area (Å²) in [6.45, 7) is 3.04. The quantitative estimate of drug-likeness (QED) is 0.911. The molecule has 0 radical (unpaired) electrons. The standard InChI is InChI=1S/C15H20N4/c16-13-6-9-18(10-7-13)12-15-17-8-11-19(15)14-4-2-1-3-5-14/h1-5,8,11,13H,6-7,9-10,12,16H2. The van der Waals surface area contributed by atoms with Gasteiger partial charge in [0.2, 0.25) is 0 Å². The molecular formula is C15H20N4. The lowest BCUT2D eigenvalue weighted by Gasteiger charge is -2.29. The van der Waals surface area contributed by atoms with Crippen LogP contribution in [0.1, 0.15) is 18.7 Å². The van der Waals surface area contributed by atoms with Crippen molar-refractivity contribution in [2.45, 2.75) is 25.4 Å². The SMILES string of the molecule is NC1CCN(Cc2nccn2-c2ccccc2)CC1. The van der Waals surface area contributed by atoms with Crippen molar-refractivity contribution < 1.29 is 0 Å². The molecular weight excluding hydrogens is 236 g/mol. The van der Waals surface area contributed by atoms with Crippen molar-refractivity contribution in [2.75, 3.05) is 13.1 Å². The number of nitrogens with zero attached hydrogens (tertiary/aromatic N) is 3. The summed E-state index contributed by atoms with van der Waals surface area (Å²) in [5, 5.41) is 0. The normalized spacial score (nSPS) is 17.7. The van der Waals surface area contributed by atoms with Gasteiger partial charge >= 0.3 is 0 Å². The molecule has 4 nitrogen and oxygen atoms in total. The van der Waals surface area contributed by atoms with Crippen LogP contribution in [0.3, 0.4) is 0 Å². The molecule has 0 unspecified atom stereocenters. The fraction of sp³-hybridized carbons (Fsp3) is 0.400. The van der Waals surface area contributed by atoms with Gasteiger partial charge < -0.3 is 10.3 Å². The summed E-state index contributed by atoms with van der Waals surface area (Å²) >= 11 is 0. The maximum absolute atomic E-state index is 5.94. The van der Waals surface area contributed by atoms with E-state index in [1.165, 1.54) is 5.69 Å². The van der Waals surface area contributed by atoms with Crippen LogP contribution >= 0.6 is 0 Å². The highest BCUT2D eigenvalue weighted by Crippen LogP contribution is 2.15. The lowest BCUT2D eigenvalue weighted by molar-refractivity contribution is 0.200. The van der Waals surface area contributed by atoms with Crippen LogP contribution in [-0.4, -0.2) is 33.6 Å². The number of piperidine rings is 1. The predicted octanol–water partition coefficient (Wildman–Crippen LogP) is 1.80. The lowest BCUT2D eigenvalue weighted by Crippen LogP contribution is -2.39. The number of hydrogen-bond donors (Lipinski definition) is 1. The minimum Gasteiger partial charge on any atom is -0.328 e. The molecule has 2 N–H and O–H groups in total. The van der Waals surface area contributed by atoms with E-state index in [1.54, 1.807) is 0 Å². The van der Waals surface area contributed by atoms with Crippen molar-refractivity contribution in [1.29, 1.82) is 0 Å². The highest BCUT2D eigenvalue weighted by molar-refractivity contribution is 5.32. The molecule has 4 heteroatoms. The molecule has 1 fully saturated rings. The minimum absolute atomic E-state index is 0.380. The van der Waals surface area contributed by atoms with Crippen LogP contribution in [0, 0.1) is 0 Å². The second kappa shape index (κ2) is 5.55. The first-order chi connectivity index (χ1) is 9.33. The Morgan fingerprint density at radius 1 is 1.16 bits per heavy atom. The van der Waals surface area contributed by atoms with E-state index in [0.29, 0.717) is 6.04 Å². The van der Waals surface area contributed by atoms with Crippen LogP contribution < -0.4 is 5.73 Å². The molecule has 0 aliphatic carbocycles. The number of hydrogen-bond acceptors (Lipinski definition) is 3. The lowest BCUT2D eigenvalue weighted by atomic mass is 10.1. The Bertz CT molecular complexity index is 512. The van der Waals surface area contributed by atoms with E-state index in [1.807, 2.05) is 18.5 Å². The molecule has 1 aliphatic heterocycles. The first kappa shape index (κ1) is 12.4. The Morgan fingerprint density at radius 2 is 1.89 bits per heavy atom. The van der Waals surface area contributed by atoms with Gasteiger partial charge in [0.25, 0.3) is 0 Å². The summed E-state index contributed by atoms with van der Waals surface area (Å²) in [5.41, 5.74) is 7.11. The number of aromatic nitrogens is 2. The summed E-state index contributed by atoms with van der Waals surface area (Å²) in [6.07, 6.45) is 6.08. The van der Waals surface area contributed by atoms with Gasteiger partial charge in [0.05, 0.1) is 6.54 Å². The van der Waals surface area contributed by atoms with E-state index in [4.69, 9.17) is 5.73 Å². The smallest absolute Gasteiger partial charge is 0.127 e. The molecule has 1 aliphatic rings. The van der Waals surface area contributed by atoms with Gasteiger partial charge in [0, 0.05) is 37.2 Å². The van der Waals surface area contributed by atoms with Crippen LogP contribution in [0.2, 0.25) is 0 Å². The molecule has 2 aromatic rings. The zero-order valence-corrected chi connectivity index (χ0v) is 11.1. The number of rotatable bonds is 3. The van der Waals surface area contributed by atoms with Crippen LogP contribution in [0.4, 0.5) is 0 Å². The van der Waals surface area contributed by atoms with Gasteiger partial charge in [-0.15, -0.1) is 0 Å². The largest absolute Gasteiger partial charge is 0.328 e. The maximum Gasteiger partial charge on any atom is 0.127 e. The van der Waals surface area contributed by atoms with Gasteiger partial charge in [-0.2, -0.15) is 0 Å². The second-order valence-electron chi connectivity index (χ2n) is 5.16. The number of para-hydroxylation sites is 1. The third kappa shape index (κ3) is 2.85. The van der Waals surface area contributed by atoms with E-state index in [9.17, 15) is 0 Å². The van der Waals surface area contributed by atoms with E-state index < -0.39 is 0 Å². The van der Waals surface area contributed by atoms with Gasteiger partial charge in [-0.3, -0.25) is 4.90 Å². The van der Waals surface area contributed by atoms with Crippen molar-refractivity contribution in [3.63, 3.8) is 0 Å². The fourth-order valence-corrected chi connectivity index (χ4v) is 2.59. The van der Waals surface area contributed by atoms with Gasteiger partial charge in [-0.05, 0) is 25.0 Å². The van der Waals surface area contributed by atoms with Crippen molar-refractivity contribution >= 4 is 0 Å². The Kier molecular flexibility index (Phi) is 3.62. The number of nitrogens with two attached hydrogens (primary N) is 1. The van der Waals surface area contributed by atoms with Crippen molar-refractivity contribution in [3.05, 3.63) is 48.5 Å². The number of likely N-dealkylation sites (tertiary alicyclic amines) is 1. The van der Waals surface area contributed by atoms with Gasteiger partial charge in [0.15, 0.2) is 0 Å². The van der Waals surface area contributed by atoms with E-state index in [-0.39, 0.29) is 0 Å². The molecule has 1 aromatic carbocycles. The highest BCUT2D eigenvalue weighted by atomic mass is 15.2. The van der Waals surface area contributed by atoms with E-state index in [2.05, 4.69) is 38.7 Å². The summed E-state index contributed by atoms with van der Waals surface area (Å²) in [6, 6.07) is 10.7. The molecule has 100 valence electrons. The molecule has 0 spiro atoms. The van der Waals surface area contributed by atoms with E-state index >= 15 is 0 Å². The highest BCUT2D eigenvalue weighted by Gasteiger charge is 2.17. The summed E-state index contributed by atoms with van der Waals surface area (Å²) < 4.78 is 2.16. The summed E-state index contributed by atoms with van der Waals surface area (Å²) in [5.74, 6) is 1.10. The Hall–Kier alpha value is -1.65. The summed E-state index contributed by atoms with van der Waals surface area (Å²) in [4.78, 5) is 6.93. The fourth-order valence-electron chi connectivity index (χ4n) is 2.59. The predicted molar refractivity (Wildman–Crippen MR) is 76.1 cm³/mol. The zero-order valence-electron chi connectivity index (χ0n) is 11.1. The van der Waals surface area contributed by atoms with Crippen molar-refractivity contribution in [3.8, 4) is 5.69 Å². The molecule has 1 saturated heterocycles. The molecule has 19 heavy (non-hydrogen) atoms. The molecule has 2 heterocycles. The average Bonchev–Trinajstić information content (AvgIpc) is 2.90. The Balaban J connectivity index is 1.74. The third-order valence-corrected chi connectivity index (χ3v) is 3.75. The van der Waals surface area contributed by atoms with Crippen LogP contribution in [0.15, 0.2) is 42.7 Å². The monoisotopic (exact) mass is 256 g/mol. The third-order valence-electron chi connectivity index (χ3n) is 3.75. The Morgan fingerprint density at radius 3 is 2.63 bits per heavy atom. The van der Waals surface area contributed by atoms with Gasteiger partial charge in [-0.25, -0.2) is 4.98 Å².